The van der Waals surface area contributed by atoms with Crippen LogP contribution in [0.5, 0.6) is 0 Å². The quantitative estimate of drug-likeness (QED) is 0.890. The van der Waals surface area contributed by atoms with Crippen molar-refractivity contribution in [1.82, 2.24) is 9.80 Å². The number of hydrogen-bond donors (Lipinski definition) is 2. The summed E-state index contributed by atoms with van der Waals surface area (Å²) in [7, 11) is 4.03. The molecule has 2 rings (SSSR count). The number of carbonyl (C=O) groups is 2. The van der Waals surface area contributed by atoms with Crippen LogP contribution in [0.4, 0.5) is 10.5 Å². The Bertz CT molecular complexity index is 545. The molecule has 0 bridgehead atoms. The number of likely N-dealkylation sites (N-methyl/N-ethyl adjacent to an activating group) is 1. The third-order valence-electron chi connectivity index (χ3n) is 3.88. The number of nitrogens with zero attached hydrogens (tertiary/aromatic N) is 2. The van der Waals surface area contributed by atoms with Crippen molar-refractivity contribution >= 4 is 17.7 Å². The fourth-order valence-electron chi connectivity index (χ4n) is 2.72. The number of carboxylic acids is 1. The number of rotatable bonds is 3. The van der Waals surface area contributed by atoms with Crippen LogP contribution < -0.4 is 5.32 Å². The average Bonchev–Trinajstić information content (AvgIpc) is 2.81. The fraction of sp³-hybridized carbons (Fsp3) is 0.467. The number of carboxylic acid groups (broad SMARTS) is 1. The molecule has 6 nitrogen and oxygen atoms in total. The van der Waals surface area contributed by atoms with Crippen LogP contribution in [0.3, 0.4) is 0 Å². The highest BCUT2D eigenvalue weighted by Crippen LogP contribution is 2.21. The van der Waals surface area contributed by atoms with E-state index in [1.54, 1.807) is 17.0 Å². The number of anilines is 1. The van der Waals surface area contributed by atoms with E-state index in [9.17, 15) is 9.59 Å². The molecule has 0 spiro atoms. The van der Waals surface area contributed by atoms with Gasteiger partial charge in [0.1, 0.15) is 0 Å². The Morgan fingerprint density at radius 2 is 2.05 bits per heavy atom. The first kappa shape index (κ1) is 15.3. The zero-order valence-electron chi connectivity index (χ0n) is 12.5. The van der Waals surface area contributed by atoms with E-state index in [4.69, 9.17) is 5.11 Å². The molecule has 1 saturated heterocycles. The summed E-state index contributed by atoms with van der Waals surface area (Å²) in [5, 5.41) is 11.7. The summed E-state index contributed by atoms with van der Waals surface area (Å²) in [4.78, 5) is 27.1. The molecule has 0 aromatic heterocycles. The Kier molecular flexibility index (Phi) is 4.47. The van der Waals surface area contributed by atoms with E-state index < -0.39 is 5.97 Å². The molecule has 1 heterocycles. The highest BCUT2D eigenvalue weighted by molar-refractivity contribution is 5.93. The number of amides is 2. The van der Waals surface area contributed by atoms with Gasteiger partial charge in [-0.3, -0.25) is 0 Å². The second-order valence-corrected chi connectivity index (χ2v) is 5.73. The highest BCUT2D eigenvalue weighted by Gasteiger charge is 2.33. The molecular formula is C15H21N3O3. The number of urea groups is 1. The largest absolute Gasteiger partial charge is 0.478 e. The Hall–Kier alpha value is -2.08. The van der Waals surface area contributed by atoms with E-state index in [0.717, 1.165) is 0 Å². The lowest BCUT2D eigenvalue weighted by molar-refractivity contribution is 0.0697. The van der Waals surface area contributed by atoms with Crippen molar-refractivity contribution in [3.8, 4) is 0 Å². The minimum atomic E-state index is -1.01. The van der Waals surface area contributed by atoms with Gasteiger partial charge in [0, 0.05) is 24.8 Å². The molecule has 1 fully saturated rings. The second-order valence-electron chi connectivity index (χ2n) is 5.73. The fourth-order valence-corrected chi connectivity index (χ4v) is 2.72. The topological polar surface area (TPSA) is 72.9 Å². The molecule has 0 saturated carbocycles. The predicted octanol–water partition coefficient (Wildman–Crippen LogP) is 1.80. The maximum Gasteiger partial charge on any atom is 0.335 e. The van der Waals surface area contributed by atoms with Gasteiger partial charge in [-0.25, -0.2) is 9.59 Å². The van der Waals surface area contributed by atoms with Crippen molar-refractivity contribution in [2.75, 3.05) is 32.5 Å². The summed E-state index contributed by atoms with van der Waals surface area (Å²) in [6.45, 7) is 3.51. The van der Waals surface area contributed by atoms with Crippen molar-refractivity contribution in [2.45, 2.75) is 13.0 Å². The lowest BCUT2D eigenvalue weighted by Crippen LogP contribution is -2.37. The van der Waals surface area contributed by atoms with Crippen molar-refractivity contribution in [3.05, 3.63) is 29.8 Å². The van der Waals surface area contributed by atoms with Gasteiger partial charge >= 0.3 is 12.0 Å². The Labute approximate surface area is 124 Å². The number of likely N-dealkylation sites (tertiary alicyclic amines) is 1. The van der Waals surface area contributed by atoms with E-state index in [1.807, 2.05) is 14.1 Å². The summed E-state index contributed by atoms with van der Waals surface area (Å²) < 4.78 is 0. The normalized spacial score (nSPS) is 21.6. The monoisotopic (exact) mass is 291 g/mol. The lowest BCUT2D eigenvalue weighted by atomic mass is 10.1. The predicted molar refractivity (Wildman–Crippen MR) is 80.6 cm³/mol. The SMILES string of the molecule is CC1CN(C(=O)Nc2cccc(C(=O)O)c2)CC1N(C)C. The molecule has 1 aromatic carbocycles. The van der Waals surface area contributed by atoms with Crippen LogP contribution in [0.15, 0.2) is 24.3 Å². The molecule has 6 heteroatoms. The van der Waals surface area contributed by atoms with Crippen molar-refractivity contribution in [3.63, 3.8) is 0 Å². The Morgan fingerprint density at radius 3 is 2.62 bits per heavy atom. The van der Waals surface area contributed by atoms with Gasteiger partial charge in [0.2, 0.25) is 0 Å². The van der Waals surface area contributed by atoms with E-state index >= 15 is 0 Å². The van der Waals surface area contributed by atoms with Crippen molar-refractivity contribution in [1.29, 1.82) is 0 Å². The number of hydrogen-bond acceptors (Lipinski definition) is 3. The lowest BCUT2D eigenvalue weighted by Gasteiger charge is -2.22. The van der Waals surface area contributed by atoms with E-state index in [2.05, 4.69) is 17.1 Å². The molecule has 0 radical (unpaired) electrons. The van der Waals surface area contributed by atoms with Crippen LogP contribution in [0.2, 0.25) is 0 Å². The summed E-state index contributed by atoms with van der Waals surface area (Å²) >= 11 is 0. The molecule has 2 unspecified atom stereocenters. The smallest absolute Gasteiger partial charge is 0.335 e. The number of aromatic carboxylic acids is 1. The average molecular weight is 291 g/mol. The molecule has 2 N–H and O–H groups in total. The number of benzene rings is 1. The third kappa shape index (κ3) is 3.52. The minimum absolute atomic E-state index is 0.161. The summed E-state index contributed by atoms with van der Waals surface area (Å²) in [6.07, 6.45) is 0. The van der Waals surface area contributed by atoms with Gasteiger partial charge in [-0.1, -0.05) is 13.0 Å². The van der Waals surface area contributed by atoms with Crippen molar-refractivity contribution < 1.29 is 14.7 Å². The van der Waals surface area contributed by atoms with Gasteiger partial charge < -0.3 is 20.2 Å². The van der Waals surface area contributed by atoms with Gasteiger partial charge in [0.05, 0.1) is 5.56 Å². The molecule has 114 valence electrons. The molecule has 2 atom stereocenters. The molecule has 2 amide bonds. The van der Waals surface area contributed by atoms with Crippen LogP contribution in [-0.2, 0) is 0 Å². The second kappa shape index (κ2) is 6.13. The van der Waals surface area contributed by atoms with E-state index in [-0.39, 0.29) is 11.6 Å². The van der Waals surface area contributed by atoms with Gasteiger partial charge in [0.15, 0.2) is 0 Å². The molecule has 0 aliphatic carbocycles. The van der Waals surface area contributed by atoms with Crippen LogP contribution in [0.1, 0.15) is 17.3 Å². The first-order valence-corrected chi connectivity index (χ1v) is 6.94. The van der Waals surface area contributed by atoms with E-state index in [0.29, 0.717) is 30.7 Å². The van der Waals surface area contributed by atoms with Gasteiger partial charge in [-0.05, 0) is 38.2 Å². The number of nitrogens with one attached hydrogen (secondary N) is 1. The van der Waals surface area contributed by atoms with Crippen LogP contribution in [0, 0.1) is 5.92 Å². The molecule has 1 aliphatic heterocycles. The third-order valence-corrected chi connectivity index (χ3v) is 3.88. The molecule has 1 aromatic rings. The van der Waals surface area contributed by atoms with Crippen LogP contribution in [-0.4, -0.2) is 60.1 Å². The zero-order chi connectivity index (χ0) is 15.6. The highest BCUT2D eigenvalue weighted by atomic mass is 16.4. The van der Waals surface area contributed by atoms with Crippen LogP contribution >= 0.6 is 0 Å². The van der Waals surface area contributed by atoms with Gasteiger partial charge in [0.25, 0.3) is 0 Å². The summed E-state index contributed by atoms with van der Waals surface area (Å²) in [5.41, 5.74) is 0.662. The molecule has 1 aliphatic rings. The Morgan fingerprint density at radius 1 is 1.33 bits per heavy atom. The van der Waals surface area contributed by atoms with Crippen LogP contribution in [0.25, 0.3) is 0 Å². The maximum atomic E-state index is 12.3. The zero-order valence-corrected chi connectivity index (χ0v) is 12.5. The summed E-state index contributed by atoms with van der Waals surface area (Å²) in [6, 6.07) is 6.43. The first-order chi connectivity index (χ1) is 9.88. The molecular weight excluding hydrogens is 270 g/mol. The van der Waals surface area contributed by atoms with E-state index in [1.165, 1.54) is 12.1 Å². The standard InChI is InChI=1S/C15H21N3O3/c1-10-8-18(9-13(10)17(2)3)15(21)16-12-6-4-5-11(7-12)14(19)20/h4-7,10,13H,8-9H2,1-3H3,(H,16,21)(H,19,20). The minimum Gasteiger partial charge on any atom is -0.478 e. The maximum absolute atomic E-state index is 12.3. The molecule has 21 heavy (non-hydrogen) atoms. The van der Waals surface area contributed by atoms with Crippen molar-refractivity contribution in [2.24, 2.45) is 5.92 Å². The first-order valence-electron chi connectivity index (χ1n) is 6.94. The van der Waals surface area contributed by atoms with Gasteiger partial charge in [-0.15, -0.1) is 0 Å². The summed E-state index contributed by atoms with van der Waals surface area (Å²) in [5.74, 6) is -0.593. The Balaban J connectivity index is 2.02. The van der Waals surface area contributed by atoms with Gasteiger partial charge in [-0.2, -0.15) is 0 Å². The number of carbonyl (C=O) groups excluding carboxylic acids is 1.